The second-order valence-corrected chi connectivity index (χ2v) is 22.2. The van der Waals surface area contributed by atoms with Gasteiger partial charge in [-0.3, -0.25) is 0 Å². The van der Waals surface area contributed by atoms with Crippen molar-refractivity contribution in [2.24, 2.45) is 0 Å². The number of hydrogen-bond acceptors (Lipinski definition) is 0. The third kappa shape index (κ3) is 4.35. The Hall–Kier alpha value is -2.47. The van der Waals surface area contributed by atoms with E-state index in [4.69, 9.17) is 0 Å². The third-order valence-electron chi connectivity index (χ3n) is 7.96. The Morgan fingerprint density at radius 1 is 0.486 bits per heavy atom. The molecule has 0 atom stereocenters. The van der Waals surface area contributed by atoms with E-state index in [9.17, 15) is 0 Å². The van der Waals surface area contributed by atoms with Crippen LogP contribution >= 0.6 is 6.15 Å². The fourth-order valence-electron chi connectivity index (χ4n) is 6.35. The summed E-state index contributed by atoms with van der Waals surface area (Å²) in [5, 5.41) is 6.24. The van der Waals surface area contributed by atoms with E-state index in [1.807, 2.05) is 0 Å². The summed E-state index contributed by atoms with van der Waals surface area (Å²) in [7, 11) is -1.45. The quantitative estimate of drug-likeness (QED) is 0.149. The maximum absolute atomic E-state index is 2.98. The monoisotopic (exact) mass is 496 g/mol. The molecule has 0 fully saturated rings. The van der Waals surface area contributed by atoms with Gasteiger partial charge in [-0.1, -0.05) is 0 Å². The van der Waals surface area contributed by atoms with Crippen LogP contribution in [0.25, 0.3) is 0 Å². The van der Waals surface area contributed by atoms with E-state index in [1.54, 1.807) is 21.2 Å². The first-order chi connectivity index (χ1) is 17.2. The Morgan fingerprint density at radius 3 is 1.17 bits per heavy atom. The van der Waals surface area contributed by atoms with Crippen LogP contribution in [0.5, 0.6) is 0 Å². The molecule has 0 bridgehead atoms. The number of rotatable bonds is 11. The van der Waals surface area contributed by atoms with E-state index in [1.165, 1.54) is 43.3 Å². The molecule has 0 aliphatic heterocycles. The van der Waals surface area contributed by atoms with Crippen LogP contribution in [0.1, 0.15) is 45.1 Å². The summed E-state index contributed by atoms with van der Waals surface area (Å²) in [6.45, 7) is 6.94. The van der Waals surface area contributed by atoms with Crippen LogP contribution in [0.2, 0.25) is 12.1 Å². The maximum atomic E-state index is 2.50. The Morgan fingerprint density at radius 2 is 0.829 bits per heavy atom. The fraction of sp³-hybridized carbons (Fsp3) is 0.273. The third-order valence-corrected chi connectivity index (χ3v) is 26.6. The van der Waals surface area contributed by atoms with Crippen molar-refractivity contribution in [1.82, 2.24) is 0 Å². The SMILES string of the molecule is CCCC[SiH](CCCC)P(c1ccccc1)(c1ccccc1)(c1ccccc1)c1ccc(C)cc1. The molecule has 0 spiro atoms. The minimum absolute atomic E-state index is 1.26. The Kier molecular flexibility index (Phi) is 8.42. The van der Waals surface area contributed by atoms with Crippen LogP contribution in [-0.4, -0.2) is 8.46 Å². The van der Waals surface area contributed by atoms with Gasteiger partial charge >= 0.3 is 215 Å². The van der Waals surface area contributed by atoms with Crippen LogP contribution in [-0.2, 0) is 0 Å². The van der Waals surface area contributed by atoms with Gasteiger partial charge in [-0.15, -0.1) is 0 Å². The second-order valence-electron chi connectivity index (χ2n) is 9.97. The molecule has 0 N–H and O–H groups in total. The number of aryl methyl sites for hydroxylation is 1. The summed E-state index contributed by atoms with van der Waals surface area (Å²) in [4.78, 5) is 0. The molecule has 4 aromatic rings. The Bertz CT molecular complexity index is 1060. The minimum atomic E-state index is -2.98. The van der Waals surface area contributed by atoms with Crippen LogP contribution in [0.15, 0.2) is 115 Å². The Labute approximate surface area is 214 Å². The van der Waals surface area contributed by atoms with Gasteiger partial charge in [-0.05, 0) is 0 Å². The summed E-state index contributed by atoms with van der Waals surface area (Å²) in [6, 6.07) is 47.5. The van der Waals surface area contributed by atoms with Gasteiger partial charge in [-0.2, -0.15) is 0 Å². The zero-order valence-corrected chi connectivity index (χ0v) is 23.8. The van der Waals surface area contributed by atoms with Crippen molar-refractivity contribution in [2.45, 2.75) is 58.5 Å². The van der Waals surface area contributed by atoms with Gasteiger partial charge in [0.05, 0.1) is 0 Å². The van der Waals surface area contributed by atoms with E-state index in [0.717, 1.165) is 0 Å². The molecule has 0 radical (unpaired) electrons. The summed E-state index contributed by atoms with van der Waals surface area (Å²) in [5.41, 5.74) is 1.33. The van der Waals surface area contributed by atoms with Gasteiger partial charge in [0.25, 0.3) is 0 Å². The van der Waals surface area contributed by atoms with Crippen LogP contribution in [0.3, 0.4) is 0 Å². The van der Waals surface area contributed by atoms with Crippen molar-refractivity contribution in [3.63, 3.8) is 0 Å². The summed E-state index contributed by atoms with van der Waals surface area (Å²) in [5.74, 6) is 0. The number of hydrogen-bond donors (Lipinski definition) is 0. The van der Waals surface area contributed by atoms with Crippen LogP contribution < -0.4 is 21.2 Å². The molecular weight excluding hydrogens is 455 g/mol. The number of benzene rings is 4. The molecule has 0 saturated carbocycles. The molecule has 182 valence electrons. The van der Waals surface area contributed by atoms with Gasteiger partial charge in [0, 0.05) is 0 Å². The van der Waals surface area contributed by atoms with E-state index in [-0.39, 0.29) is 0 Å². The summed E-state index contributed by atoms with van der Waals surface area (Å²) >= 11 is 0. The van der Waals surface area contributed by atoms with Crippen molar-refractivity contribution < 1.29 is 0 Å². The molecular formula is C33H41PSi. The molecule has 4 rings (SSSR count). The van der Waals surface area contributed by atoms with E-state index in [0.29, 0.717) is 0 Å². The van der Waals surface area contributed by atoms with E-state index >= 15 is 0 Å². The predicted molar refractivity (Wildman–Crippen MR) is 163 cm³/mol. The average molecular weight is 497 g/mol. The molecule has 0 aliphatic rings. The van der Waals surface area contributed by atoms with Gasteiger partial charge < -0.3 is 0 Å². The molecule has 0 unspecified atom stereocenters. The van der Waals surface area contributed by atoms with Gasteiger partial charge in [0.1, 0.15) is 0 Å². The van der Waals surface area contributed by atoms with Crippen LogP contribution in [0, 0.1) is 6.92 Å². The van der Waals surface area contributed by atoms with Gasteiger partial charge in [-0.25, -0.2) is 0 Å². The van der Waals surface area contributed by atoms with Crippen molar-refractivity contribution in [3.05, 3.63) is 121 Å². The second kappa shape index (κ2) is 11.5. The van der Waals surface area contributed by atoms with E-state index < -0.39 is 14.6 Å². The van der Waals surface area contributed by atoms with Gasteiger partial charge in [0.15, 0.2) is 0 Å². The molecule has 0 saturated heterocycles. The zero-order valence-electron chi connectivity index (χ0n) is 21.7. The average Bonchev–Trinajstić information content (AvgIpc) is 2.93. The fourth-order valence-corrected chi connectivity index (χ4v) is 27.4. The van der Waals surface area contributed by atoms with Crippen molar-refractivity contribution in [1.29, 1.82) is 0 Å². The predicted octanol–water partition coefficient (Wildman–Crippen LogP) is 7.47. The Balaban J connectivity index is 2.28. The van der Waals surface area contributed by atoms with Gasteiger partial charge in [0.2, 0.25) is 0 Å². The topological polar surface area (TPSA) is 0 Å². The van der Waals surface area contributed by atoms with Crippen molar-refractivity contribution >= 4 is 35.8 Å². The first-order valence-electron chi connectivity index (χ1n) is 13.4. The normalized spacial score (nSPS) is 12.9. The van der Waals surface area contributed by atoms with Crippen molar-refractivity contribution in [2.75, 3.05) is 0 Å². The van der Waals surface area contributed by atoms with Crippen LogP contribution in [0.4, 0.5) is 0 Å². The molecule has 2 heteroatoms. The molecule has 0 amide bonds. The molecule has 0 nitrogen and oxygen atoms in total. The molecule has 0 heterocycles. The van der Waals surface area contributed by atoms with Crippen molar-refractivity contribution in [3.8, 4) is 0 Å². The standard InChI is InChI=1S/C33H41PSi/c1-4-6-27-35(28-7-5-2)34(30-17-11-8-12-18-30,31-19-13-9-14-20-31,32-21-15-10-16-22-32)33-25-23-29(3)24-26-33/h8-26,35H,4-7,27-28H2,1-3H3. The number of unbranched alkanes of at least 4 members (excludes halogenated alkanes) is 2. The first kappa shape index (κ1) is 25.6. The van der Waals surface area contributed by atoms with E-state index in [2.05, 4.69) is 136 Å². The summed E-state index contributed by atoms with van der Waals surface area (Å²) in [6.07, 6.45) is 2.17. The molecule has 4 aromatic carbocycles. The molecule has 35 heavy (non-hydrogen) atoms. The summed E-state index contributed by atoms with van der Waals surface area (Å²) < 4.78 is 0. The zero-order chi connectivity index (χ0) is 24.6. The first-order valence-corrected chi connectivity index (χ1v) is 18.9. The molecule has 0 aliphatic carbocycles. The molecule has 0 aromatic heterocycles.